The van der Waals surface area contributed by atoms with E-state index in [0.717, 1.165) is 25.3 Å². The zero-order chi connectivity index (χ0) is 12.0. The second-order valence-corrected chi connectivity index (χ2v) is 5.70. The largest absolute Gasteiger partial charge is 0.390 e. The smallest absolute Gasteiger partial charge is 0.0791 e. The van der Waals surface area contributed by atoms with Crippen LogP contribution < -0.4 is 5.32 Å². The topological polar surface area (TPSA) is 35.5 Å². The minimum absolute atomic E-state index is 0.235. The van der Waals surface area contributed by atoms with Crippen LogP contribution in [0, 0.1) is 0 Å². The molecule has 1 aliphatic rings. The van der Waals surface area contributed by atoms with Crippen LogP contribution >= 0.6 is 11.8 Å². The Morgan fingerprint density at radius 2 is 2.19 bits per heavy atom. The Balaban J connectivity index is 2.15. The number of hydrogen-bond acceptors (Lipinski definition) is 4. The molecule has 0 saturated heterocycles. The highest BCUT2D eigenvalue weighted by Crippen LogP contribution is 2.18. The summed E-state index contributed by atoms with van der Waals surface area (Å²) in [4.78, 5) is 2.29. The van der Waals surface area contributed by atoms with Crippen LogP contribution in [0.2, 0.25) is 0 Å². The van der Waals surface area contributed by atoms with Crippen molar-refractivity contribution in [1.29, 1.82) is 0 Å². The van der Waals surface area contributed by atoms with Gasteiger partial charge in [-0.25, -0.2) is 0 Å². The molecule has 1 saturated carbocycles. The summed E-state index contributed by atoms with van der Waals surface area (Å²) >= 11 is 1.88. The molecule has 0 aromatic heterocycles. The Morgan fingerprint density at radius 3 is 2.69 bits per heavy atom. The van der Waals surface area contributed by atoms with Crippen molar-refractivity contribution in [3.05, 3.63) is 0 Å². The van der Waals surface area contributed by atoms with E-state index in [-0.39, 0.29) is 6.10 Å². The number of likely N-dealkylation sites (N-methyl/N-ethyl adjacent to an activating group) is 1. The van der Waals surface area contributed by atoms with Crippen molar-refractivity contribution in [2.24, 2.45) is 0 Å². The molecule has 4 heteroatoms. The van der Waals surface area contributed by atoms with Gasteiger partial charge in [0, 0.05) is 30.9 Å². The third-order valence-electron chi connectivity index (χ3n) is 3.17. The van der Waals surface area contributed by atoms with E-state index < -0.39 is 0 Å². The fourth-order valence-corrected chi connectivity index (χ4v) is 2.76. The van der Waals surface area contributed by atoms with E-state index in [1.165, 1.54) is 12.8 Å². The third-order valence-corrected chi connectivity index (χ3v) is 3.89. The van der Waals surface area contributed by atoms with E-state index in [9.17, 15) is 5.11 Å². The van der Waals surface area contributed by atoms with Crippen molar-refractivity contribution in [1.82, 2.24) is 10.2 Å². The highest BCUT2D eigenvalue weighted by atomic mass is 32.2. The first-order valence-electron chi connectivity index (χ1n) is 6.28. The van der Waals surface area contributed by atoms with E-state index >= 15 is 0 Å². The van der Waals surface area contributed by atoms with Gasteiger partial charge in [0.1, 0.15) is 0 Å². The highest BCUT2D eigenvalue weighted by Gasteiger charge is 2.22. The quantitative estimate of drug-likeness (QED) is 0.640. The molecule has 0 spiro atoms. The van der Waals surface area contributed by atoms with E-state index in [0.29, 0.717) is 12.1 Å². The maximum absolute atomic E-state index is 9.90. The number of rotatable bonds is 9. The minimum Gasteiger partial charge on any atom is -0.390 e. The van der Waals surface area contributed by atoms with Gasteiger partial charge in [0.05, 0.1) is 6.10 Å². The summed E-state index contributed by atoms with van der Waals surface area (Å²) in [7, 11) is 2.12. The van der Waals surface area contributed by atoms with Crippen LogP contribution in [0.4, 0.5) is 0 Å². The molecule has 2 atom stereocenters. The highest BCUT2D eigenvalue weighted by molar-refractivity contribution is 7.98. The molecule has 0 aromatic carbocycles. The number of nitrogens with one attached hydrogen (secondary N) is 1. The molecule has 0 radical (unpaired) electrons. The molecule has 0 aromatic rings. The van der Waals surface area contributed by atoms with Gasteiger partial charge in [-0.2, -0.15) is 11.8 Å². The summed E-state index contributed by atoms with van der Waals surface area (Å²) in [6.07, 6.45) is 5.63. The lowest BCUT2D eigenvalue weighted by molar-refractivity contribution is 0.106. The molecule has 0 amide bonds. The Bertz CT molecular complexity index is 188. The predicted molar refractivity (Wildman–Crippen MR) is 72.1 cm³/mol. The van der Waals surface area contributed by atoms with Gasteiger partial charge in [0.2, 0.25) is 0 Å². The molecular formula is C12H26N2OS. The molecule has 96 valence electrons. The maximum Gasteiger partial charge on any atom is 0.0791 e. The van der Waals surface area contributed by atoms with Crippen LogP contribution in [-0.2, 0) is 0 Å². The average Bonchev–Trinajstić information content (AvgIpc) is 3.06. The lowest BCUT2D eigenvalue weighted by Crippen LogP contribution is -2.42. The van der Waals surface area contributed by atoms with Gasteiger partial charge in [-0.05, 0) is 32.6 Å². The molecule has 0 aliphatic heterocycles. The number of aliphatic hydroxyl groups excluding tert-OH is 1. The zero-order valence-corrected chi connectivity index (χ0v) is 11.6. The second kappa shape index (κ2) is 7.54. The molecule has 2 unspecified atom stereocenters. The summed E-state index contributed by atoms with van der Waals surface area (Å²) < 4.78 is 0. The zero-order valence-electron chi connectivity index (χ0n) is 10.8. The van der Waals surface area contributed by atoms with Crippen LogP contribution in [-0.4, -0.2) is 60.3 Å². The maximum atomic E-state index is 9.90. The van der Waals surface area contributed by atoms with Gasteiger partial charge < -0.3 is 10.4 Å². The van der Waals surface area contributed by atoms with Gasteiger partial charge >= 0.3 is 0 Å². The third kappa shape index (κ3) is 5.53. The monoisotopic (exact) mass is 246 g/mol. The summed E-state index contributed by atoms with van der Waals surface area (Å²) in [5.41, 5.74) is 0. The number of nitrogens with zero attached hydrogens (tertiary/aromatic N) is 1. The Morgan fingerprint density at radius 1 is 1.50 bits per heavy atom. The molecule has 1 rings (SSSR count). The Kier molecular flexibility index (Phi) is 6.73. The fourth-order valence-electron chi connectivity index (χ4n) is 1.89. The van der Waals surface area contributed by atoms with Gasteiger partial charge in [0.15, 0.2) is 0 Å². The molecule has 0 bridgehead atoms. The van der Waals surface area contributed by atoms with Gasteiger partial charge in [-0.3, -0.25) is 4.90 Å². The van der Waals surface area contributed by atoms with Crippen LogP contribution in [0.3, 0.4) is 0 Å². The van der Waals surface area contributed by atoms with E-state index in [4.69, 9.17) is 0 Å². The van der Waals surface area contributed by atoms with Crippen LogP contribution in [0.5, 0.6) is 0 Å². The van der Waals surface area contributed by atoms with Crippen molar-refractivity contribution in [3.63, 3.8) is 0 Å². The van der Waals surface area contributed by atoms with Gasteiger partial charge in [0.25, 0.3) is 0 Å². The molecule has 0 heterocycles. The Hall–Kier alpha value is 0.230. The minimum atomic E-state index is -0.235. The van der Waals surface area contributed by atoms with Crippen molar-refractivity contribution in [2.75, 3.05) is 32.1 Å². The molecular weight excluding hydrogens is 220 g/mol. The Labute approximate surface area is 104 Å². The first-order chi connectivity index (χ1) is 7.67. The lowest BCUT2D eigenvalue weighted by Gasteiger charge is -2.28. The molecule has 3 nitrogen and oxygen atoms in total. The normalized spacial score (nSPS) is 20.1. The molecule has 1 fully saturated rings. The van der Waals surface area contributed by atoms with E-state index in [1.807, 2.05) is 11.8 Å². The van der Waals surface area contributed by atoms with Gasteiger partial charge in [-0.15, -0.1) is 0 Å². The SMILES string of the molecule is CCC(CSC)N(C)CC(O)CNC1CC1. The van der Waals surface area contributed by atoms with Crippen molar-refractivity contribution < 1.29 is 5.11 Å². The summed E-state index contributed by atoms with van der Waals surface area (Å²) in [6, 6.07) is 1.28. The second-order valence-electron chi connectivity index (χ2n) is 4.79. The van der Waals surface area contributed by atoms with Crippen molar-refractivity contribution >= 4 is 11.8 Å². The van der Waals surface area contributed by atoms with Crippen molar-refractivity contribution in [3.8, 4) is 0 Å². The van der Waals surface area contributed by atoms with Gasteiger partial charge in [-0.1, -0.05) is 6.92 Å². The number of aliphatic hydroxyl groups is 1. The first kappa shape index (κ1) is 14.3. The van der Waals surface area contributed by atoms with Crippen LogP contribution in [0.15, 0.2) is 0 Å². The van der Waals surface area contributed by atoms with Crippen LogP contribution in [0.25, 0.3) is 0 Å². The fraction of sp³-hybridized carbons (Fsp3) is 1.00. The average molecular weight is 246 g/mol. The summed E-state index contributed by atoms with van der Waals surface area (Å²) in [5.74, 6) is 1.15. The number of thioether (sulfide) groups is 1. The number of hydrogen-bond donors (Lipinski definition) is 2. The predicted octanol–water partition coefficient (Wildman–Crippen LogP) is 1.17. The summed E-state index contributed by atoms with van der Waals surface area (Å²) in [6.45, 7) is 3.73. The standard InChI is InChI=1S/C12H26N2OS/c1-4-11(9-16-3)14(2)8-12(15)7-13-10-5-6-10/h10-13,15H,4-9H2,1-3H3. The lowest BCUT2D eigenvalue weighted by atomic mass is 10.2. The summed E-state index contributed by atoms with van der Waals surface area (Å²) in [5, 5.41) is 13.3. The molecule has 1 aliphatic carbocycles. The van der Waals surface area contributed by atoms with Crippen LogP contribution in [0.1, 0.15) is 26.2 Å². The van der Waals surface area contributed by atoms with E-state index in [1.54, 1.807) is 0 Å². The van der Waals surface area contributed by atoms with Crippen molar-refractivity contribution in [2.45, 2.75) is 44.4 Å². The van der Waals surface area contributed by atoms with E-state index in [2.05, 4.69) is 30.4 Å². The first-order valence-corrected chi connectivity index (χ1v) is 7.67. The molecule has 2 N–H and O–H groups in total. The molecule has 16 heavy (non-hydrogen) atoms.